The number of methoxy groups -OCH3 is 1. The predicted molar refractivity (Wildman–Crippen MR) is 62.0 cm³/mol. The molecule has 0 aromatic heterocycles. The summed E-state index contributed by atoms with van der Waals surface area (Å²) in [6.07, 6.45) is 0. The van der Waals surface area contributed by atoms with E-state index in [9.17, 15) is 0 Å². The van der Waals surface area contributed by atoms with Crippen LogP contribution in [0.3, 0.4) is 0 Å². The van der Waals surface area contributed by atoms with Gasteiger partial charge in [-0.05, 0) is 30.2 Å². The lowest BCUT2D eigenvalue weighted by molar-refractivity contribution is -0.134. The molecule has 1 rings (SSSR count). The topological polar surface area (TPSA) is 66.8 Å². The van der Waals surface area contributed by atoms with Crippen LogP contribution in [0.25, 0.3) is 0 Å². The summed E-state index contributed by atoms with van der Waals surface area (Å²) in [6.45, 7) is 2.96. The van der Waals surface area contributed by atoms with Gasteiger partial charge in [0.25, 0.3) is 5.97 Å². The summed E-state index contributed by atoms with van der Waals surface area (Å²) in [5.74, 6) is -0.0859. The van der Waals surface area contributed by atoms with E-state index >= 15 is 0 Å². The van der Waals surface area contributed by atoms with Crippen LogP contribution in [0.4, 0.5) is 0 Å². The average molecular weight is 247 g/mol. The molecule has 5 heteroatoms. The zero-order chi connectivity index (χ0) is 12.7. The first-order chi connectivity index (χ1) is 7.42. The SMILES string of the molecule is CC(=O)O.COc1cc(Cl)c(CO)cc1C. The minimum absolute atomic E-state index is 0.0380. The number of aliphatic hydroxyl groups is 1. The molecule has 0 heterocycles. The monoisotopic (exact) mass is 246 g/mol. The van der Waals surface area contributed by atoms with Crippen LogP contribution in [0.5, 0.6) is 5.75 Å². The summed E-state index contributed by atoms with van der Waals surface area (Å²) in [6, 6.07) is 3.53. The van der Waals surface area contributed by atoms with Gasteiger partial charge in [-0.1, -0.05) is 11.6 Å². The van der Waals surface area contributed by atoms with Crippen molar-refractivity contribution in [3.05, 3.63) is 28.3 Å². The standard InChI is InChI=1S/C9H11ClO2.C2H4O2/c1-6-3-7(5-11)8(10)4-9(6)12-2;1-2(3)4/h3-4,11H,5H2,1-2H3;1H3,(H,3,4). The van der Waals surface area contributed by atoms with Crippen LogP contribution >= 0.6 is 11.6 Å². The maximum atomic E-state index is 9.00. The first kappa shape index (κ1) is 14.7. The molecule has 1 aromatic carbocycles. The lowest BCUT2D eigenvalue weighted by Crippen LogP contribution is -1.91. The molecule has 0 saturated carbocycles. The number of hydrogen-bond acceptors (Lipinski definition) is 3. The molecule has 0 bridgehead atoms. The molecule has 16 heavy (non-hydrogen) atoms. The molecule has 0 saturated heterocycles. The molecule has 4 nitrogen and oxygen atoms in total. The number of halogens is 1. The fourth-order valence-electron chi connectivity index (χ4n) is 1.06. The maximum absolute atomic E-state index is 9.00. The number of carboxylic acids is 1. The Morgan fingerprint density at radius 1 is 1.50 bits per heavy atom. The number of hydrogen-bond donors (Lipinski definition) is 2. The summed E-state index contributed by atoms with van der Waals surface area (Å²) in [5, 5.41) is 16.8. The normalized spacial score (nSPS) is 9.06. The minimum atomic E-state index is -0.833. The Bertz CT molecular complexity index is 329. The van der Waals surface area contributed by atoms with Crippen LogP contribution < -0.4 is 4.74 Å². The second-order valence-corrected chi connectivity index (χ2v) is 3.50. The average Bonchev–Trinajstić information content (AvgIpc) is 2.20. The molecule has 0 aliphatic rings. The Morgan fingerprint density at radius 3 is 2.38 bits per heavy atom. The maximum Gasteiger partial charge on any atom is 0.300 e. The Hall–Kier alpha value is -1.26. The zero-order valence-electron chi connectivity index (χ0n) is 9.45. The molecule has 0 aliphatic heterocycles. The summed E-state index contributed by atoms with van der Waals surface area (Å²) >= 11 is 5.84. The fraction of sp³-hybridized carbons (Fsp3) is 0.364. The highest BCUT2D eigenvalue weighted by molar-refractivity contribution is 6.31. The molecule has 0 fully saturated rings. The first-order valence-electron chi connectivity index (χ1n) is 4.55. The smallest absolute Gasteiger partial charge is 0.300 e. The quantitative estimate of drug-likeness (QED) is 0.840. The number of aliphatic hydroxyl groups excluding tert-OH is 1. The van der Waals surface area contributed by atoms with E-state index in [1.165, 1.54) is 0 Å². The molecule has 0 amide bonds. The molecule has 0 radical (unpaired) electrons. The van der Waals surface area contributed by atoms with E-state index in [1.807, 2.05) is 13.0 Å². The number of carbonyl (C=O) groups is 1. The number of benzene rings is 1. The highest BCUT2D eigenvalue weighted by atomic mass is 35.5. The van der Waals surface area contributed by atoms with E-state index in [1.54, 1.807) is 13.2 Å². The van der Waals surface area contributed by atoms with Crippen molar-refractivity contribution in [1.29, 1.82) is 0 Å². The minimum Gasteiger partial charge on any atom is -0.496 e. The van der Waals surface area contributed by atoms with Crippen molar-refractivity contribution < 1.29 is 19.7 Å². The van der Waals surface area contributed by atoms with Crippen LogP contribution in [0, 0.1) is 6.92 Å². The van der Waals surface area contributed by atoms with E-state index in [-0.39, 0.29) is 6.61 Å². The van der Waals surface area contributed by atoms with Gasteiger partial charge in [0.1, 0.15) is 5.75 Å². The molecular formula is C11H15ClO4. The van der Waals surface area contributed by atoms with Crippen molar-refractivity contribution >= 4 is 17.6 Å². The van der Waals surface area contributed by atoms with Gasteiger partial charge in [-0.15, -0.1) is 0 Å². The van der Waals surface area contributed by atoms with Crippen LogP contribution in [0.1, 0.15) is 18.1 Å². The summed E-state index contributed by atoms with van der Waals surface area (Å²) in [7, 11) is 1.59. The molecule has 0 atom stereocenters. The van der Waals surface area contributed by atoms with Gasteiger partial charge in [0.15, 0.2) is 0 Å². The van der Waals surface area contributed by atoms with Gasteiger partial charge in [-0.3, -0.25) is 4.79 Å². The van der Waals surface area contributed by atoms with Gasteiger partial charge in [0.2, 0.25) is 0 Å². The Kier molecular flexibility index (Phi) is 6.53. The van der Waals surface area contributed by atoms with Gasteiger partial charge >= 0.3 is 0 Å². The number of ether oxygens (including phenoxy) is 1. The predicted octanol–water partition coefficient (Wildman–Crippen LogP) is 2.24. The highest BCUT2D eigenvalue weighted by Crippen LogP contribution is 2.26. The summed E-state index contributed by atoms with van der Waals surface area (Å²) in [5.41, 5.74) is 1.71. The molecular weight excluding hydrogens is 232 g/mol. The van der Waals surface area contributed by atoms with E-state index in [0.29, 0.717) is 5.02 Å². The number of rotatable bonds is 2. The zero-order valence-corrected chi connectivity index (χ0v) is 10.2. The highest BCUT2D eigenvalue weighted by Gasteiger charge is 2.04. The number of carboxylic acid groups (broad SMARTS) is 1. The third kappa shape index (κ3) is 5.00. The van der Waals surface area contributed by atoms with E-state index in [4.69, 9.17) is 31.3 Å². The third-order valence-electron chi connectivity index (χ3n) is 1.73. The Morgan fingerprint density at radius 2 is 2.00 bits per heavy atom. The summed E-state index contributed by atoms with van der Waals surface area (Å²) in [4.78, 5) is 9.00. The van der Waals surface area contributed by atoms with Crippen molar-refractivity contribution in [3.8, 4) is 5.75 Å². The van der Waals surface area contributed by atoms with Gasteiger partial charge in [-0.2, -0.15) is 0 Å². The fourth-order valence-corrected chi connectivity index (χ4v) is 1.28. The largest absolute Gasteiger partial charge is 0.496 e. The second kappa shape index (κ2) is 7.09. The third-order valence-corrected chi connectivity index (χ3v) is 2.09. The van der Waals surface area contributed by atoms with Gasteiger partial charge < -0.3 is 14.9 Å². The van der Waals surface area contributed by atoms with Crippen LogP contribution in [0.2, 0.25) is 5.02 Å². The van der Waals surface area contributed by atoms with Crippen molar-refractivity contribution in [2.75, 3.05) is 7.11 Å². The van der Waals surface area contributed by atoms with E-state index < -0.39 is 5.97 Å². The molecule has 0 spiro atoms. The van der Waals surface area contributed by atoms with Crippen LogP contribution in [-0.4, -0.2) is 23.3 Å². The lowest BCUT2D eigenvalue weighted by Gasteiger charge is -2.07. The molecule has 1 aromatic rings. The number of aliphatic carboxylic acids is 1. The van der Waals surface area contributed by atoms with E-state index in [2.05, 4.69) is 0 Å². The first-order valence-corrected chi connectivity index (χ1v) is 4.93. The van der Waals surface area contributed by atoms with Crippen molar-refractivity contribution in [2.24, 2.45) is 0 Å². The van der Waals surface area contributed by atoms with Gasteiger partial charge in [0.05, 0.1) is 13.7 Å². The molecule has 90 valence electrons. The second-order valence-electron chi connectivity index (χ2n) is 3.09. The van der Waals surface area contributed by atoms with Crippen molar-refractivity contribution in [3.63, 3.8) is 0 Å². The van der Waals surface area contributed by atoms with Crippen molar-refractivity contribution in [2.45, 2.75) is 20.5 Å². The molecule has 0 aliphatic carbocycles. The Labute approximate surface area is 99.4 Å². The van der Waals surface area contributed by atoms with Crippen molar-refractivity contribution in [1.82, 2.24) is 0 Å². The van der Waals surface area contributed by atoms with Crippen LogP contribution in [0.15, 0.2) is 12.1 Å². The van der Waals surface area contributed by atoms with E-state index in [0.717, 1.165) is 23.8 Å². The summed E-state index contributed by atoms with van der Waals surface area (Å²) < 4.78 is 5.06. The molecule has 0 unspecified atom stereocenters. The Balaban J connectivity index is 0.000000487. The van der Waals surface area contributed by atoms with Gasteiger partial charge in [-0.25, -0.2) is 0 Å². The lowest BCUT2D eigenvalue weighted by atomic mass is 10.1. The molecule has 2 N–H and O–H groups in total. The van der Waals surface area contributed by atoms with Crippen LogP contribution in [-0.2, 0) is 11.4 Å². The number of aryl methyl sites for hydroxylation is 1. The van der Waals surface area contributed by atoms with Gasteiger partial charge in [0, 0.05) is 11.9 Å².